The quantitative estimate of drug-likeness (QED) is 0.931. The first-order valence-corrected chi connectivity index (χ1v) is 8.59. The highest BCUT2D eigenvalue weighted by Crippen LogP contribution is 2.24. The molecule has 25 heavy (non-hydrogen) atoms. The summed E-state index contributed by atoms with van der Waals surface area (Å²) >= 11 is 0. The van der Waals surface area contributed by atoms with Crippen molar-refractivity contribution in [3.63, 3.8) is 0 Å². The van der Waals surface area contributed by atoms with Crippen LogP contribution in [0.25, 0.3) is 0 Å². The van der Waals surface area contributed by atoms with Crippen molar-refractivity contribution in [2.24, 2.45) is 0 Å². The van der Waals surface area contributed by atoms with Gasteiger partial charge in [-0.3, -0.25) is 4.79 Å². The number of rotatable bonds is 3. The summed E-state index contributed by atoms with van der Waals surface area (Å²) in [5, 5.41) is 3.31. The van der Waals surface area contributed by atoms with Gasteiger partial charge in [-0.05, 0) is 38.9 Å². The van der Waals surface area contributed by atoms with E-state index >= 15 is 0 Å². The molecule has 2 aromatic rings. The lowest BCUT2D eigenvalue weighted by Gasteiger charge is -2.32. The molecule has 132 valence electrons. The second-order valence-corrected chi connectivity index (χ2v) is 6.78. The summed E-state index contributed by atoms with van der Waals surface area (Å²) in [4.78, 5) is 25.3. The monoisotopic (exact) mass is 339 g/mol. The molecule has 1 saturated heterocycles. The van der Waals surface area contributed by atoms with Crippen LogP contribution in [0.15, 0.2) is 24.5 Å². The van der Waals surface area contributed by atoms with Gasteiger partial charge in [-0.2, -0.15) is 0 Å². The Kier molecular flexibility index (Phi) is 4.99. The van der Waals surface area contributed by atoms with E-state index in [-0.39, 0.29) is 5.91 Å². The highest BCUT2D eigenvalue weighted by Gasteiger charge is 2.21. The number of hydrogen-bond donors (Lipinski definition) is 1. The molecular weight excluding hydrogens is 314 g/mol. The van der Waals surface area contributed by atoms with E-state index in [1.165, 1.54) is 5.56 Å². The van der Waals surface area contributed by atoms with Crippen LogP contribution in [0.2, 0.25) is 0 Å². The Morgan fingerprint density at radius 1 is 1.00 bits per heavy atom. The molecule has 0 saturated carbocycles. The third-order valence-electron chi connectivity index (χ3n) is 4.59. The zero-order valence-corrected chi connectivity index (χ0v) is 15.3. The largest absolute Gasteiger partial charge is 0.339 e. The minimum atomic E-state index is -0.0464. The molecule has 0 unspecified atom stereocenters. The summed E-state index contributed by atoms with van der Waals surface area (Å²) in [6.45, 7) is 9.48. The number of amides is 1. The molecule has 6 heteroatoms. The van der Waals surface area contributed by atoms with Crippen molar-refractivity contribution in [3.8, 4) is 0 Å². The van der Waals surface area contributed by atoms with Crippen LogP contribution in [-0.4, -0.2) is 58.9 Å². The Labute approximate surface area is 148 Å². The predicted octanol–water partition coefficient (Wildman–Crippen LogP) is 2.53. The van der Waals surface area contributed by atoms with Crippen molar-refractivity contribution in [2.75, 3.05) is 38.5 Å². The number of nitrogens with one attached hydrogen (secondary N) is 1. The van der Waals surface area contributed by atoms with Crippen LogP contribution in [0.3, 0.4) is 0 Å². The number of carbonyl (C=O) groups is 1. The molecule has 0 spiro atoms. The summed E-state index contributed by atoms with van der Waals surface area (Å²) in [5.41, 5.74) is 5.00. The zero-order valence-electron chi connectivity index (χ0n) is 15.3. The van der Waals surface area contributed by atoms with Crippen LogP contribution in [-0.2, 0) is 0 Å². The van der Waals surface area contributed by atoms with Crippen molar-refractivity contribution in [2.45, 2.75) is 20.8 Å². The van der Waals surface area contributed by atoms with Gasteiger partial charge in [-0.25, -0.2) is 9.97 Å². The Hall–Kier alpha value is -2.47. The number of aromatic nitrogens is 2. The van der Waals surface area contributed by atoms with E-state index < -0.39 is 0 Å². The first-order valence-electron chi connectivity index (χ1n) is 8.59. The van der Waals surface area contributed by atoms with Gasteiger partial charge in [0.05, 0.1) is 12.4 Å². The number of aryl methyl sites for hydroxylation is 3. The van der Waals surface area contributed by atoms with E-state index in [0.29, 0.717) is 11.5 Å². The van der Waals surface area contributed by atoms with Crippen molar-refractivity contribution in [3.05, 3.63) is 46.9 Å². The molecule has 1 aromatic carbocycles. The van der Waals surface area contributed by atoms with Gasteiger partial charge in [0, 0.05) is 31.9 Å². The number of benzene rings is 1. The van der Waals surface area contributed by atoms with Gasteiger partial charge >= 0.3 is 0 Å². The average Bonchev–Trinajstić information content (AvgIpc) is 2.59. The molecule has 0 atom stereocenters. The van der Waals surface area contributed by atoms with E-state index in [1.807, 2.05) is 4.90 Å². The first-order chi connectivity index (χ1) is 11.9. The van der Waals surface area contributed by atoms with Gasteiger partial charge < -0.3 is 15.1 Å². The van der Waals surface area contributed by atoms with Gasteiger partial charge in [-0.1, -0.05) is 17.7 Å². The van der Waals surface area contributed by atoms with E-state index in [4.69, 9.17) is 0 Å². The maximum atomic E-state index is 12.5. The Balaban J connectivity index is 1.71. The van der Waals surface area contributed by atoms with E-state index in [0.717, 1.165) is 43.0 Å². The van der Waals surface area contributed by atoms with Crippen molar-refractivity contribution >= 4 is 17.4 Å². The van der Waals surface area contributed by atoms with E-state index in [2.05, 4.69) is 60.1 Å². The lowest BCUT2D eigenvalue weighted by atomic mass is 10.1. The maximum absolute atomic E-state index is 12.5. The molecule has 1 aliphatic rings. The number of piperazine rings is 1. The third-order valence-corrected chi connectivity index (χ3v) is 4.59. The van der Waals surface area contributed by atoms with Gasteiger partial charge in [0.2, 0.25) is 0 Å². The molecule has 0 bridgehead atoms. The maximum Gasteiger partial charge on any atom is 0.274 e. The van der Waals surface area contributed by atoms with Crippen LogP contribution in [0.1, 0.15) is 27.2 Å². The number of hydrogen-bond acceptors (Lipinski definition) is 5. The van der Waals surface area contributed by atoms with Crippen LogP contribution in [0.5, 0.6) is 0 Å². The second kappa shape index (κ2) is 7.19. The molecular formula is C19H25N5O. The molecule has 3 rings (SSSR count). The molecule has 1 aromatic heterocycles. The molecule has 0 aliphatic carbocycles. The summed E-state index contributed by atoms with van der Waals surface area (Å²) in [6, 6.07) is 4.27. The predicted molar refractivity (Wildman–Crippen MR) is 99.4 cm³/mol. The highest BCUT2D eigenvalue weighted by molar-refractivity contribution is 5.92. The lowest BCUT2D eigenvalue weighted by molar-refractivity contribution is 0.0658. The Morgan fingerprint density at radius 3 is 2.20 bits per heavy atom. The van der Waals surface area contributed by atoms with Gasteiger partial charge in [-0.15, -0.1) is 0 Å². The third kappa shape index (κ3) is 3.96. The lowest BCUT2D eigenvalue weighted by Crippen LogP contribution is -2.47. The highest BCUT2D eigenvalue weighted by atomic mass is 16.2. The molecule has 1 N–H and O–H groups in total. The summed E-state index contributed by atoms with van der Waals surface area (Å²) in [5.74, 6) is 0.597. The SMILES string of the molecule is Cc1cc(C)c(Nc2cnc(C(=O)N3CCN(C)CC3)cn2)c(C)c1. The number of likely N-dealkylation sites (N-methyl/N-ethyl adjacent to an activating group) is 1. The Morgan fingerprint density at radius 2 is 1.64 bits per heavy atom. The fourth-order valence-corrected chi connectivity index (χ4v) is 3.18. The average molecular weight is 339 g/mol. The topological polar surface area (TPSA) is 61.4 Å². The molecule has 2 heterocycles. The molecule has 1 amide bonds. The van der Waals surface area contributed by atoms with Crippen molar-refractivity contribution in [1.82, 2.24) is 19.8 Å². The van der Waals surface area contributed by atoms with Crippen LogP contribution in [0.4, 0.5) is 11.5 Å². The normalized spacial score (nSPS) is 15.3. The van der Waals surface area contributed by atoms with Gasteiger partial charge in [0.1, 0.15) is 11.5 Å². The zero-order chi connectivity index (χ0) is 18.0. The van der Waals surface area contributed by atoms with Crippen LogP contribution < -0.4 is 5.32 Å². The molecule has 1 aliphatic heterocycles. The minimum Gasteiger partial charge on any atom is -0.339 e. The van der Waals surface area contributed by atoms with Crippen LogP contribution in [0, 0.1) is 20.8 Å². The molecule has 1 fully saturated rings. The van der Waals surface area contributed by atoms with E-state index in [1.54, 1.807) is 12.4 Å². The summed E-state index contributed by atoms with van der Waals surface area (Å²) in [7, 11) is 2.07. The first kappa shape index (κ1) is 17.4. The van der Waals surface area contributed by atoms with Crippen molar-refractivity contribution < 1.29 is 4.79 Å². The smallest absolute Gasteiger partial charge is 0.274 e. The molecule has 6 nitrogen and oxygen atoms in total. The Bertz CT molecular complexity index is 741. The second-order valence-electron chi connectivity index (χ2n) is 6.78. The minimum absolute atomic E-state index is 0.0464. The van der Waals surface area contributed by atoms with Crippen molar-refractivity contribution in [1.29, 1.82) is 0 Å². The van der Waals surface area contributed by atoms with Gasteiger partial charge in [0.15, 0.2) is 0 Å². The number of carbonyl (C=O) groups excluding carboxylic acids is 1. The summed E-state index contributed by atoms with van der Waals surface area (Å²) < 4.78 is 0. The number of anilines is 2. The fraction of sp³-hybridized carbons (Fsp3) is 0.421. The standard InChI is InChI=1S/C19H25N5O/c1-13-9-14(2)18(15(3)10-13)22-17-12-20-16(11-21-17)19(25)24-7-5-23(4)6-8-24/h9-12H,5-8H2,1-4H3,(H,21,22). The summed E-state index contributed by atoms with van der Waals surface area (Å²) in [6.07, 6.45) is 3.18. The fourth-order valence-electron chi connectivity index (χ4n) is 3.18. The van der Waals surface area contributed by atoms with Gasteiger partial charge in [0.25, 0.3) is 5.91 Å². The number of nitrogens with zero attached hydrogens (tertiary/aromatic N) is 4. The van der Waals surface area contributed by atoms with Crippen LogP contribution >= 0.6 is 0 Å². The van der Waals surface area contributed by atoms with E-state index in [9.17, 15) is 4.79 Å². The molecule has 0 radical (unpaired) electrons.